The molecule has 0 aliphatic carbocycles. The highest BCUT2D eigenvalue weighted by Crippen LogP contribution is 2.30. The predicted octanol–water partition coefficient (Wildman–Crippen LogP) is 4.78. The van der Waals surface area contributed by atoms with Crippen LogP contribution in [0.25, 0.3) is 0 Å². The fraction of sp³-hybridized carbons (Fsp3) is 0.229. The summed E-state index contributed by atoms with van der Waals surface area (Å²) in [7, 11) is 0. The lowest BCUT2D eigenvalue weighted by molar-refractivity contribution is -0.160. The first-order chi connectivity index (χ1) is 24.1. The summed E-state index contributed by atoms with van der Waals surface area (Å²) in [6, 6.07) is 24.0. The third-order valence-electron chi connectivity index (χ3n) is 7.59. The second kappa shape index (κ2) is 16.6. The number of amidine groups is 1. The summed E-state index contributed by atoms with van der Waals surface area (Å²) in [4.78, 5) is 57.7. The zero-order valence-corrected chi connectivity index (χ0v) is 27.5. The van der Waals surface area contributed by atoms with Crippen molar-refractivity contribution in [1.82, 2.24) is 21.0 Å². The van der Waals surface area contributed by atoms with Crippen molar-refractivity contribution in [1.29, 1.82) is 5.41 Å². The minimum atomic E-state index is -3.12. The maximum Gasteiger partial charge on any atom is 0.345 e. The molecule has 4 aromatic rings. The second-order valence-electron chi connectivity index (χ2n) is 11.1. The van der Waals surface area contributed by atoms with Crippen molar-refractivity contribution >= 4 is 40.9 Å². The van der Waals surface area contributed by atoms with E-state index in [9.17, 15) is 28.0 Å². The normalized spacial score (nSPS) is 16.0. The number of hydrogen-bond donors (Lipinski definition) is 4. The van der Waals surface area contributed by atoms with Gasteiger partial charge in [-0.05, 0) is 48.0 Å². The third-order valence-corrected chi connectivity index (χ3v) is 8.58. The summed E-state index contributed by atoms with van der Waals surface area (Å²) in [5, 5.41) is 15.3. The standard InChI is InChI=1S/C35H33F2N5O7S/c1-21(43)49-41-32(38)24-16-29(50-20-24)31(22-8-4-2-5-9-22)40-34(46)28-17-27(48-35(36)37)19-42(28)30(44)18-39-33(45)23-12-14-26(15-13-23)47-25-10-6-3-7-11-25/h2-16,20,27-28,31,35H,17-19H2,1H3,(H2,38,41)(H,39,45)(H,40,46)/t27-,28+,31-/m1/s1. The summed E-state index contributed by atoms with van der Waals surface area (Å²) in [6.45, 7) is -2.73. The molecule has 3 atom stereocenters. The molecule has 0 saturated carbocycles. The van der Waals surface area contributed by atoms with Crippen LogP contribution in [0.2, 0.25) is 0 Å². The van der Waals surface area contributed by atoms with E-state index in [4.69, 9.17) is 14.9 Å². The van der Waals surface area contributed by atoms with Gasteiger partial charge in [0.1, 0.15) is 17.5 Å². The van der Waals surface area contributed by atoms with Gasteiger partial charge < -0.3 is 29.8 Å². The molecule has 3 amide bonds. The average molecular weight is 706 g/mol. The summed E-state index contributed by atoms with van der Waals surface area (Å²) in [5.41, 5.74) is 3.57. The molecule has 1 fully saturated rings. The lowest BCUT2D eigenvalue weighted by atomic mass is 10.0. The Morgan fingerprint density at radius 1 is 0.940 bits per heavy atom. The maximum atomic E-state index is 13.8. The van der Waals surface area contributed by atoms with Crippen LogP contribution in [0.3, 0.4) is 0 Å². The number of rotatable bonds is 12. The minimum absolute atomic E-state index is 0.182. The van der Waals surface area contributed by atoms with E-state index >= 15 is 0 Å². The monoisotopic (exact) mass is 705 g/mol. The van der Waals surface area contributed by atoms with Gasteiger partial charge in [0.15, 0.2) is 5.84 Å². The van der Waals surface area contributed by atoms with Crippen LogP contribution in [0.15, 0.2) is 96.4 Å². The number of thiophene rings is 1. The van der Waals surface area contributed by atoms with Gasteiger partial charge in [0.05, 0.1) is 18.7 Å². The molecule has 1 aromatic heterocycles. The molecule has 0 unspecified atom stereocenters. The number of carbonyl (C=O) groups is 4. The second-order valence-corrected chi connectivity index (χ2v) is 12.0. The van der Waals surface area contributed by atoms with Gasteiger partial charge in [0.2, 0.25) is 11.8 Å². The van der Waals surface area contributed by atoms with Crippen LogP contribution in [0.1, 0.15) is 45.7 Å². The van der Waals surface area contributed by atoms with Crippen molar-refractivity contribution in [2.24, 2.45) is 0 Å². The van der Waals surface area contributed by atoms with Crippen LogP contribution in [0, 0.1) is 5.41 Å². The molecule has 1 saturated heterocycles. The van der Waals surface area contributed by atoms with E-state index in [1.807, 2.05) is 18.2 Å². The lowest BCUT2D eigenvalue weighted by Crippen LogP contribution is -2.49. The van der Waals surface area contributed by atoms with Gasteiger partial charge >= 0.3 is 12.6 Å². The Bertz CT molecular complexity index is 1810. The first-order valence-electron chi connectivity index (χ1n) is 15.4. The number of carbonyl (C=O) groups excluding carboxylic acids is 4. The number of para-hydroxylation sites is 1. The fourth-order valence-electron chi connectivity index (χ4n) is 5.24. The van der Waals surface area contributed by atoms with Gasteiger partial charge in [-0.1, -0.05) is 48.5 Å². The van der Waals surface area contributed by atoms with Gasteiger partial charge in [0, 0.05) is 41.3 Å². The molecule has 0 bridgehead atoms. The summed E-state index contributed by atoms with van der Waals surface area (Å²) in [6.07, 6.45) is -1.33. The van der Waals surface area contributed by atoms with Crippen LogP contribution in [0.4, 0.5) is 8.78 Å². The zero-order valence-electron chi connectivity index (χ0n) is 26.6. The molecule has 0 radical (unpaired) electrons. The van der Waals surface area contributed by atoms with Gasteiger partial charge in [-0.15, -0.1) is 11.3 Å². The van der Waals surface area contributed by atoms with Crippen LogP contribution in [-0.2, 0) is 24.0 Å². The molecule has 1 aliphatic heterocycles. The highest BCUT2D eigenvalue weighted by Gasteiger charge is 2.42. The van der Waals surface area contributed by atoms with Crippen molar-refractivity contribution < 1.29 is 42.3 Å². The molecule has 15 heteroatoms. The first kappa shape index (κ1) is 35.6. The molecule has 0 spiro atoms. The van der Waals surface area contributed by atoms with Crippen LogP contribution >= 0.6 is 11.3 Å². The molecule has 5 rings (SSSR count). The predicted molar refractivity (Wildman–Crippen MR) is 179 cm³/mol. The summed E-state index contributed by atoms with van der Waals surface area (Å²) >= 11 is 1.23. The number of halogens is 2. The Kier molecular flexibility index (Phi) is 11.9. The molecule has 260 valence electrons. The van der Waals surface area contributed by atoms with E-state index in [1.165, 1.54) is 30.4 Å². The first-order valence-corrected chi connectivity index (χ1v) is 16.3. The Hall–Kier alpha value is -5.67. The van der Waals surface area contributed by atoms with Crippen molar-refractivity contribution in [3.8, 4) is 11.5 Å². The van der Waals surface area contributed by atoms with Crippen LogP contribution < -0.4 is 20.9 Å². The van der Waals surface area contributed by atoms with Crippen molar-refractivity contribution in [3.05, 3.63) is 118 Å². The van der Waals surface area contributed by atoms with E-state index in [0.29, 0.717) is 27.5 Å². The topological polar surface area (TPSA) is 159 Å². The Balaban J connectivity index is 1.27. The van der Waals surface area contributed by atoms with E-state index in [0.717, 1.165) is 4.90 Å². The van der Waals surface area contributed by atoms with E-state index in [2.05, 4.69) is 21.0 Å². The fourth-order valence-corrected chi connectivity index (χ4v) is 6.22. The van der Waals surface area contributed by atoms with Crippen LogP contribution in [0.5, 0.6) is 11.5 Å². The number of likely N-dealkylation sites (tertiary alicyclic amines) is 1. The molecular formula is C35H33F2N5O7S. The van der Waals surface area contributed by atoms with Gasteiger partial charge in [-0.25, -0.2) is 5.48 Å². The van der Waals surface area contributed by atoms with Crippen molar-refractivity contribution in [3.63, 3.8) is 0 Å². The number of hydrogen-bond acceptors (Lipinski definition) is 9. The summed E-state index contributed by atoms with van der Waals surface area (Å²) < 4.78 is 36.9. The van der Waals surface area contributed by atoms with Gasteiger partial charge in [-0.3, -0.25) is 24.6 Å². The quantitative estimate of drug-likeness (QED) is 0.0932. The number of nitrogens with zero attached hydrogens (tertiary/aromatic N) is 1. The highest BCUT2D eigenvalue weighted by molar-refractivity contribution is 7.10. The number of hydroxylamine groups is 1. The SMILES string of the molecule is CC(=O)ONC(=N)c1csc([C@H](NC(=O)[C@@H]2C[C@@H](OC(F)F)CN2C(=O)CNC(=O)c2ccc(Oc3ccccc3)cc2)c2ccccc2)c1. The zero-order chi connectivity index (χ0) is 35.6. The highest BCUT2D eigenvalue weighted by atomic mass is 32.1. The Labute approximate surface area is 289 Å². The molecule has 4 N–H and O–H groups in total. The van der Waals surface area contributed by atoms with Crippen molar-refractivity contribution in [2.75, 3.05) is 13.1 Å². The number of amides is 3. The van der Waals surface area contributed by atoms with Gasteiger partial charge in [0.25, 0.3) is 5.91 Å². The molecule has 12 nitrogen and oxygen atoms in total. The average Bonchev–Trinajstić information content (AvgIpc) is 3.77. The molecule has 50 heavy (non-hydrogen) atoms. The van der Waals surface area contributed by atoms with E-state index in [-0.39, 0.29) is 24.4 Å². The number of nitrogens with one attached hydrogen (secondary N) is 4. The number of ether oxygens (including phenoxy) is 2. The molecule has 1 aliphatic rings. The lowest BCUT2D eigenvalue weighted by Gasteiger charge is -2.26. The van der Waals surface area contributed by atoms with Gasteiger partial charge in [-0.2, -0.15) is 8.78 Å². The molecule has 2 heterocycles. The Morgan fingerprint density at radius 2 is 1.60 bits per heavy atom. The number of alkyl halides is 2. The minimum Gasteiger partial charge on any atom is -0.457 e. The molecular weight excluding hydrogens is 672 g/mol. The van der Waals surface area contributed by atoms with E-state index < -0.39 is 55.0 Å². The molecule has 3 aromatic carbocycles. The van der Waals surface area contributed by atoms with Crippen LogP contribution in [-0.4, -0.2) is 66.3 Å². The largest absolute Gasteiger partial charge is 0.457 e. The summed E-state index contributed by atoms with van der Waals surface area (Å²) in [5.74, 6) is -1.54. The number of benzene rings is 3. The third kappa shape index (κ3) is 9.48. The maximum absolute atomic E-state index is 13.8. The smallest absolute Gasteiger partial charge is 0.345 e. The van der Waals surface area contributed by atoms with Crippen molar-refractivity contribution in [2.45, 2.75) is 38.1 Å². The van der Waals surface area contributed by atoms with E-state index in [1.54, 1.807) is 66.0 Å². The Morgan fingerprint density at radius 3 is 2.26 bits per heavy atom.